The zero-order valence-corrected chi connectivity index (χ0v) is 13.3. The fourth-order valence-corrected chi connectivity index (χ4v) is 2.70. The van der Waals surface area contributed by atoms with Crippen LogP contribution in [0, 0.1) is 11.7 Å². The van der Waals surface area contributed by atoms with E-state index in [1.165, 1.54) is 11.6 Å². The summed E-state index contributed by atoms with van der Waals surface area (Å²) in [6, 6.07) is 15.3. The monoisotopic (exact) mass is 335 g/mol. The molecule has 20 heavy (non-hydrogen) atoms. The van der Waals surface area contributed by atoms with Gasteiger partial charge in [-0.25, -0.2) is 4.39 Å². The van der Waals surface area contributed by atoms with Gasteiger partial charge < -0.3 is 5.32 Å². The number of hydrogen-bond acceptors (Lipinski definition) is 1. The minimum absolute atomic E-state index is 0.101. The first-order valence-electron chi connectivity index (χ1n) is 6.83. The molecular formula is C17H19BrFN. The number of rotatable bonds is 5. The summed E-state index contributed by atoms with van der Waals surface area (Å²) in [5.74, 6) is 0.294. The van der Waals surface area contributed by atoms with E-state index in [4.69, 9.17) is 0 Å². The summed E-state index contributed by atoms with van der Waals surface area (Å²) in [6.07, 6.45) is 0.949. The molecule has 0 radical (unpaired) electrons. The van der Waals surface area contributed by atoms with Gasteiger partial charge in [0.25, 0.3) is 0 Å². The Kier molecular flexibility index (Phi) is 5.18. The highest BCUT2D eigenvalue weighted by Gasteiger charge is 2.16. The zero-order valence-electron chi connectivity index (χ0n) is 11.7. The summed E-state index contributed by atoms with van der Waals surface area (Å²) in [6.45, 7) is 4.35. The van der Waals surface area contributed by atoms with E-state index < -0.39 is 0 Å². The van der Waals surface area contributed by atoms with Gasteiger partial charge in [0.1, 0.15) is 5.82 Å². The lowest BCUT2D eigenvalue weighted by Gasteiger charge is -2.23. The number of para-hydroxylation sites is 1. The van der Waals surface area contributed by atoms with E-state index in [9.17, 15) is 4.39 Å². The summed E-state index contributed by atoms with van der Waals surface area (Å²) >= 11 is 3.41. The van der Waals surface area contributed by atoms with Crippen LogP contribution in [0.4, 0.5) is 10.1 Å². The van der Waals surface area contributed by atoms with Gasteiger partial charge in [-0.05, 0) is 46.0 Å². The van der Waals surface area contributed by atoms with Crippen molar-refractivity contribution in [2.75, 3.05) is 5.32 Å². The molecule has 2 rings (SSSR count). The van der Waals surface area contributed by atoms with Crippen LogP contribution in [-0.4, -0.2) is 0 Å². The second kappa shape index (κ2) is 6.89. The maximum Gasteiger partial charge on any atom is 0.147 e. The van der Waals surface area contributed by atoms with Crippen LogP contribution < -0.4 is 5.32 Å². The van der Waals surface area contributed by atoms with Crippen molar-refractivity contribution in [3.8, 4) is 0 Å². The van der Waals surface area contributed by atoms with E-state index in [1.54, 1.807) is 6.07 Å². The van der Waals surface area contributed by atoms with Crippen LogP contribution in [0.15, 0.2) is 53.0 Å². The molecule has 0 spiro atoms. The Morgan fingerprint density at radius 2 is 1.75 bits per heavy atom. The molecule has 1 N–H and O–H groups in total. The Morgan fingerprint density at radius 3 is 2.35 bits per heavy atom. The number of anilines is 1. The average Bonchev–Trinajstić information content (AvgIpc) is 2.42. The molecule has 0 aliphatic heterocycles. The van der Waals surface area contributed by atoms with Crippen LogP contribution in [0.1, 0.15) is 31.9 Å². The van der Waals surface area contributed by atoms with Crippen molar-refractivity contribution >= 4 is 21.6 Å². The minimum atomic E-state index is -0.232. The van der Waals surface area contributed by atoms with Gasteiger partial charge in [-0.3, -0.25) is 0 Å². The van der Waals surface area contributed by atoms with Crippen LogP contribution in [0.3, 0.4) is 0 Å². The molecule has 0 heterocycles. The van der Waals surface area contributed by atoms with Crippen LogP contribution in [0.25, 0.3) is 0 Å². The molecule has 3 heteroatoms. The van der Waals surface area contributed by atoms with Crippen molar-refractivity contribution in [1.82, 2.24) is 0 Å². The average molecular weight is 336 g/mol. The minimum Gasteiger partial charge on any atom is -0.375 e. The Balaban J connectivity index is 2.29. The molecule has 0 aliphatic carbocycles. The van der Waals surface area contributed by atoms with E-state index in [-0.39, 0.29) is 11.9 Å². The summed E-state index contributed by atoms with van der Waals surface area (Å²) in [5, 5.41) is 3.34. The molecule has 2 aromatic carbocycles. The Labute approximate surface area is 128 Å². The molecule has 0 amide bonds. The van der Waals surface area contributed by atoms with Crippen molar-refractivity contribution in [3.63, 3.8) is 0 Å². The Morgan fingerprint density at radius 1 is 1.05 bits per heavy atom. The van der Waals surface area contributed by atoms with E-state index >= 15 is 0 Å². The predicted octanol–water partition coefficient (Wildman–Crippen LogP) is 5.79. The van der Waals surface area contributed by atoms with Gasteiger partial charge in [-0.2, -0.15) is 0 Å². The third-order valence-corrected chi connectivity index (χ3v) is 3.85. The second-order valence-corrected chi connectivity index (χ2v) is 6.19. The van der Waals surface area contributed by atoms with Gasteiger partial charge in [0.15, 0.2) is 0 Å². The van der Waals surface area contributed by atoms with Gasteiger partial charge in [-0.1, -0.05) is 50.2 Å². The van der Waals surface area contributed by atoms with Crippen LogP contribution in [-0.2, 0) is 0 Å². The highest BCUT2D eigenvalue weighted by atomic mass is 79.9. The summed E-state index contributed by atoms with van der Waals surface area (Å²) in [7, 11) is 0. The third-order valence-electron chi connectivity index (χ3n) is 3.19. The van der Waals surface area contributed by atoms with Crippen molar-refractivity contribution < 1.29 is 4.39 Å². The highest BCUT2D eigenvalue weighted by molar-refractivity contribution is 9.10. The van der Waals surface area contributed by atoms with Crippen LogP contribution in [0.2, 0.25) is 0 Å². The van der Waals surface area contributed by atoms with Crippen molar-refractivity contribution in [2.45, 2.75) is 26.3 Å². The molecule has 1 unspecified atom stereocenters. The second-order valence-electron chi connectivity index (χ2n) is 5.33. The highest BCUT2D eigenvalue weighted by Crippen LogP contribution is 2.31. The quantitative estimate of drug-likeness (QED) is 0.729. The fourth-order valence-electron chi connectivity index (χ4n) is 2.25. The van der Waals surface area contributed by atoms with Gasteiger partial charge >= 0.3 is 0 Å². The molecule has 0 saturated carbocycles. The number of benzene rings is 2. The molecule has 0 saturated heterocycles. The first-order chi connectivity index (χ1) is 9.58. The van der Waals surface area contributed by atoms with Gasteiger partial charge in [-0.15, -0.1) is 0 Å². The first kappa shape index (κ1) is 15.0. The molecule has 2 aromatic rings. The third kappa shape index (κ3) is 3.83. The molecule has 0 aliphatic rings. The van der Waals surface area contributed by atoms with E-state index in [1.807, 2.05) is 24.3 Å². The smallest absolute Gasteiger partial charge is 0.147 e. The molecule has 106 valence electrons. The normalized spacial score (nSPS) is 12.4. The van der Waals surface area contributed by atoms with Gasteiger partial charge in [0, 0.05) is 4.47 Å². The van der Waals surface area contributed by atoms with Gasteiger partial charge in [0.2, 0.25) is 0 Å². The largest absolute Gasteiger partial charge is 0.375 e. The van der Waals surface area contributed by atoms with Crippen molar-refractivity contribution in [1.29, 1.82) is 0 Å². The number of halogens is 2. The SMILES string of the molecule is CC(C)CC(Nc1c(F)cccc1Br)c1ccccc1. The Hall–Kier alpha value is -1.35. The van der Waals surface area contributed by atoms with E-state index in [0.717, 1.165) is 10.9 Å². The van der Waals surface area contributed by atoms with Crippen molar-refractivity contribution in [3.05, 3.63) is 64.4 Å². The molecule has 0 bridgehead atoms. The van der Waals surface area contributed by atoms with E-state index in [2.05, 4.69) is 47.2 Å². The molecule has 1 nitrogen and oxygen atoms in total. The summed E-state index contributed by atoms with van der Waals surface area (Å²) < 4.78 is 14.7. The molecule has 1 atom stereocenters. The maximum absolute atomic E-state index is 14.0. The Bertz CT molecular complexity index is 534. The van der Waals surface area contributed by atoms with Gasteiger partial charge in [0.05, 0.1) is 11.7 Å². The summed E-state index contributed by atoms with van der Waals surface area (Å²) in [5.41, 5.74) is 1.71. The predicted molar refractivity (Wildman–Crippen MR) is 86.4 cm³/mol. The molecular weight excluding hydrogens is 317 g/mol. The lowest BCUT2D eigenvalue weighted by Crippen LogP contribution is -2.14. The van der Waals surface area contributed by atoms with Crippen LogP contribution in [0.5, 0.6) is 0 Å². The maximum atomic E-state index is 14.0. The topological polar surface area (TPSA) is 12.0 Å². The summed E-state index contributed by atoms with van der Waals surface area (Å²) in [4.78, 5) is 0. The van der Waals surface area contributed by atoms with Crippen LogP contribution >= 0.6 is 15.9 Å². The zero-order chi connectivity index (χ0) is 14.5. The molecule has 0 fully saturated rings. The lowest BCUT2D eigenvalue weighted by atomic mass is 9.96. The fraction of sp³-hybridized carbons (Fsp3) is 0.294. The number of hydrogen-bond donors (Lipinski definition) is 1. The standard InChI is InChI=1S/C17H19BrFN/c1-12(2)11-16(13-7-4-3-5-8-13)20-17-14(18)9-6-10-15(17)19/h3-10,12,16,20H,11H2,1-2H3. The first-order valence-corrected chi connectivity index (χ1v) is 7.62. The van der Waals surface area contributed by atoms with Crippen molar-refractivity contribution in [2.24, 2.45) is 5.92 Å². The van der Waals surface area contributed by atoms with E-state index in [0.29, 0.717) is 11.6 Å². The number of nitrogens with one attached hydrogen (secondary N) is 1. The molecule has 0 aromatic heterocycles. The lowest BCUT2D eigenvalue weighted by molar-refractivity contribution is 0.527.